The number of amides is 1. The monoisotopic (exact) mass is 549 g/mol. The Labute approximate surface area is 222 Å². The molecule has 8 nitrogen and oxygen atoms in total. The fraction of sp³-hybridized carbons (Fsp3) is 0.107. The van der Waals surface area contributed by atoms with E-state index < -0.39 is 26.0 Å². The molecular formula is C28H27N3O5S2. The highest BCUT2D eigenvalue weighted by molar-refractivity contribution is 7.93. The van der Waals surface area contributed by atoms with Crippen molar-refractivity contribution in [2.45, 2.75) is 30.6 Å². The molecule has 0 aliphatic rings. The molecule has 4 rings (SSSR count). The zero-order chi connectivity index (χ0) is 27.5. The Balaban J connectivity index is 1.49. The van der Waals surface area contributed by atoms with Crippen LogP contribution in [0.4, 0.5) is 17.1 Å². The van der Waals surface area contributed by atoms with Gasteiger partial charge in [0.1, 0.15) is 0 Å². The lowest BCUT2D eigenvalue weighted by Gasteiger charge is -2.14. The molecule has 0 saturated heterocycles. The van der Waals surface area contributed by atoms with E-state index in [1.165, 1.54) is 36.4 Å². The largest absolute Gasteiger partial charge is 0.322 e. The van der Waals surface area contributed by atoms with E-state index in [1.54, 1.807) is 49.4 Å². The number of sulfonamides is 2. The quantitative estimate of drug-likeness (QED) is 0.269. The summed E-state index contributed by atoms with van der Waals surface area (Å²) in [5, 5.41) is 2.73. The van der Waals surface area contributed by atoms with Crippen molar-refractivity contribution in [3.63, 3.8) is 0 Å². The smallest absolute Gasteiger partial charge is 0.261 e. The average Bonchev–Trinajstić information content (AvgIpc) is 2.88. The summed E-state index contributed by atoms with van der Waals surface area (Å²) in [5.74, 6) is -0.465. The zero-order valence-corrected chi connectivity index (χ0v) is 22.7. The highest BCUT2D eigenvalue weighted by atomic mass is 32.2. The Bertz CT molecular complexity index is 1700. The first kappa shape index (κ1) is 26.9. The number of hydrogen-bond acceptors (Lipinski definition) is 5. The summed E-state index contributed by atoms with van der Waals surface area (Å²) in [6.07, 6.45) is 0. The maximum Gasteiger partial charge on any atom is 0.261 e. The van der Waals surface area contributed by atoms with Crippen molar-refractivity contribution in [2.24, 2.45) is 0 Å². The summed E-state index contributed by atoms with van der Waals surface area (Å²) in [6.45, 7) is 5.40. The first-order valence-corrected chi connectivity index (χ1v) is 14.6. The minimum atomic E-state index is -3.83. The van der Waals surface area contributed by atoms with Crippen LogP contribution in [0.3, 0.4) is 0 Å². The van der Waals surface area contributed by atoms with E-state index in [0.717, 1.165) is 11.1 Å². The predicted octanol–water partition coefficient (Wildman–Crippen LogP) is 5.47. The summed E-state index contributed by atoms with van der Waals surface area (Å²) >= 11 is 0. The molecule has 0 fully saturated rings. The first-order chi connectivity index (χ1) is 18.0. The lowest BCUT2D eigenvalue weighted by Crippen LogP contribution is -2.17. The van der Waals surface area contributed by atoms with Crippen LogP contribution in [0.2, 0.25) is 0 Å². The van der Waals surface area contributed by atoms with Crippen molar-refractivity contribution >= 4 is 43.0 Å². The van der Waals surface area contributed by atoms with Crippen molar-refractivity contribution in [3.8, 4) is 0 Å². The molecule has 38 heavy (non-hydrogen) atoms. The fourth-order valence-electron chi connectivity index (χ4n) is 3.84. The molecule has 0 bridgehead atoms. The maximum atomic E-state index is 13.0. The van der Waals surface area contributed by atoms with Gasteiger partial charge in [-0.3, -0.25) is 14.2 Å². The lowest BCUT2D eigenvalue weighted by molar-refractivity contribution is 0.102. The van der Waals surface area contributed by atoms with Crippen molar-refractivity contribution < 1.29 is 21.6 Å². The van der Waals surface area contributed by atoms with Crippen LogP contribution < -0.4 is 14.8 Å². The molecule has 0 atom stereocenters. The number of anilines is 3. The Morgan fingerprint density at radius 3 is 1.87 bits per heavy atom. The van der Waals surface area contributed by atoms with Crippen LogP contribution in [0.5, 0.6) is 0 Å². The average molecular weight is 550 g/mol. The third-order valence-electron chi connectivity index (χ3n) is 5.92. The van der Waals surface area contributed by atoms with E-state index in [9.17, 15) is 21.6 Å². The molecule has 3 N–H and O–H groups in total. The molecule has 4 aromatic carbocycles. The Morgan fingerprint density at radius 1 is 0.632 bits per heavy atom. The van der Waals surface area contributed by atoms with Gasteiger partial charge in [0.25, 0.3) is 26.0 Å². The molecule has 196 valence electrons. The van der Waals surface area contributed by atoms with Crippen molar-refractivity contribution in [3.05, 3.63) is 113 Å². The number of hydrogen-bond donors (Lipinski definition) is 3. The Hall–Kier alpha value is -4.15. The van der Waals surface area contributed by atoms with Gasteiger partial charge in [-0.1, -0.05) is 42.0 Å². The highest BCUT2D eigenvalue weighted by Gasteiger charge is 2.19. The standard InChI is InChI=1S/C28H27N3O5S2/c1-19-12-17-26(20(2)18-19)30-38(35,36)24-15-13-22(14-16-24)29-28(32)25-10-7-11-27(21(25)3)31-37(33,34)23-8-5-4-6-9-23/h4-18,30-31H,1-3H3,(H,29,32). The molecule has 0 unspecified atom stereocenters. The topological polar surface area (TPSA) is 121 Å². The third kappa shape index (κ3) is 6.04. The van der Waals surface area contributed by atoms with Crippen molar-refractivity contribution in [2.75, 3.05) is 14.8 Å². The SMILES string of the molecule is Cc1ccc(NS(=O)(=O)c2ccc(NC(=O)c3cccc(NS(=O)(=O)c4ccccc4)c3C)cc2)c(C)c1. The number of aryl methyl sites for hydroxylation is 2. The van der Waals surface area contributed by atoms with Gasteiger partial charge in [-0.2, -0.15) is 0 Å². The van der Waals surface area contributed by atoms with Crippen LogP contribution in [-0.4, -0.2) is 22.7 Å². The minimum Gasteiger partial charge on any atom is -0.322 e. The van der Waals surface area contributed by atoms with E-state index in [2.05, 4.69) is 14.8 Å². The summed E-state index contributed by atoms with van der Waals surface area (Å²) in [6, 6.07) is 23.9. The zero-order valence-electron chi connectivity index (χ0n) is 21.0. The van der Waals surface area contributed by atoms with Gasteiger partial charge < -0.3 is 5.32 Å². The maximum absolute atomic E-state index is 13.0. The second kappa shape index (κ2) is 10.7. The summed E-state index contributed by atoms with van der Waals surface area (Å²) < 4.78 is 56.2. The van der Waals surface area contributed by atoms with Gasteiger partial charge in [-0.15, -0.1) is 0 Å². The first-order valence-electron chi connectivity index (χ1n) is 11.7. The lowest BCUT2D eigenvalue weighted by atomic mass is 10.1. The van der Waals surface area contributed by atoms with Gasteiger partial charge in [0.05, 0.1) is 21.2 Å². The number of rotatable bonds is 8. The molecule has 0 aliphatic heterocycles. The van der Waals surface area contributed by atoms with Gasteiger partial charge in [-0.05, 0) is 86.5 Å². The fourth-order valence-corrected chi connectivity index (χ4v) is 6.12. The van der Waals surface area contributed by atoms with Crippen LogP contribution in [0.25, 0.3) is 0 Å². The van der Waals surface area contributed by atoms with E-state index in [1.807, 2.05) is 26.0 Å². The van der Waals surface area contributed by atoms with Gasteiger partial charge in [0.2, 0.25) is 0 Å². The molecule has 0 radical (unpaired) electrons. The van der Waals surface area contributed by atoms with Gasteiger partial charge in [0.15, 0.2) is 0 Å². The predicted molar refractivity (Wildman–Crippen MR) is 150 cm³/mol. The summed E-state index contributed by atoms with van der Waals surface area (Å²) in [7, 11) is -7.65. The molecule has 10 heteroatoms. The van der Waals surface area contributed by atoms with Crippen LogP contribution in [0, 0.1) is 20.8 Å². The van der Waals surface area contributed by atoms with Crippen LogP contribution in [-0.2, 0) is 20.0 Å². The van der Waals surface area contributed by atoms with Crippen LogP contribution in [0.1, 0.15) is 27.0 Å². The molecule has 0 spiro atoms. The van der Waals surface area contributed by atoms with Crippen molar-refractivity contribution in [1.82, 2.24) is 0 Å². The summed E-state index contributed by atoms with van der Waals surface area (Å²) in [4.78, 5) is 13.1. The van der Waals surface area contributed by atoms with E-state index in [0.29, 0.717) is 16.9 Å². The molecule has 0 saturated carbocycles. The molecular weight excluding hydrogens is 522 g/mol. The van der Waals surface area contributed by atoms with Crippen molar-refractivity contribution in [1.29, 1.82) is 0 Å². The molecule has 1 amide bonds. The number of benzene rings is 4. The second-order valence-electron chi connectivity index (χ2n) is 8.80. The second-order valence-corrected chi connectivity index (χ2v) is 12.2. The molecule has 0 heterocycles. The van der Waals surface area contributed by atoms with Crippen LogP contribution >= 0.6 is 0 Å². The molecule has 4 aromatic rings. The Morgan fingerprint density at radius 2 is 1.24 bits per heavy atom. The van der Waals surface area contributed by atoms with E-state index in [4.69, 9.17) is 0 Å². The van der Waals surface area contributed by atoms with Gasteiger partial charge in [0, 0.05) is 11.3 Å². The van der Waals surface area contributed by atoms with Gasteiger partial charge in [-0.25, -0.2) is 16.8 Å². The normalized spacial score (nSPS) is 11.6. The minimum absolute atomic E-state index is 0.0453. The van der Waals surface area contributed by atoms with Gasteiger partial charge >= 0.3 is 0 Å². The highest BCUT2D eigenvalue weighted by Crippen LogP contribution is 2.25. The Kier molecular flexibility index (Phi) is 7.56. The number of carbonyl (C=O) groups excluding carboxylic acids is 1. The van der Waals surface area contributed by atoms with Crippen LogP contribution in [0.15, 0.2) is 101 Å². The number of nitrogens with one attached hydrogen (secondary N) is 3. The third-order valence-corrected chi connectivity index (χ3v) is 8.69. The van der Waals surface area contributed by atoms with E-state index >= 15 is 0 Å². The number of carbonyl (C=O) groups is 1. The molecule has 0 aliphatic carbocycles. The summed E-state index contributed by atoms with van der Waals surface area (Å²) in [5.41, 5.74) is 3.70. The molecule has 0 aromatic heterocycles. The van der Waals surface area contributed by atoms with E-state index in [-0.39, 0.29) is 21.0 Å².